The summed E-state index contributed by atoms with van der Waals surface area (Å²) < 4.78 is 15.1. The van der Waals surface area contributed by atoms with E-state index in [0.717, 1.165) is 17.2 Å². The third-order valence-corrected chi connectivity index (χ3v) is 3.90. The molecule has 0 saturated heterocycles. The molecule has 2 aromatic heterocycles. The summed E-state index contributed by atoms with van der Waals surface area (Å²) in [6.07, 6.45) is 4.25. The van der Waals surface area contributed by atoms with Crippen LogP contribution in [0.4, 0.5) is 5.69 Å². The second-order valence-electron chi connectivity index (χ2n) is 5.90. The van der Waals surface area contributed by atoms with E-state index in [2.05, 4.69) is 25.2 Å². The normalized spacial score (nSPS) is 11.1. The number of ether oxygens (including phenoxy) is 2. The molecule has 0 saturated carbocycles. The fraction of sp³-hybridized carbons (Fsp3) is 0.150. The monoisotopic (exact) mass is 394 g/mol. The van der Waals surface area contributed by atoms with Crippen LogP contribution in [-0.2, 0) is 19.1 Å². The van der Waals surface area contributed by atoms with Crippen molar-refractivity contribution in [2.24, 2.45) is 0 Å². The lowest BCUT2D eigenvalue weighted by Gasteiger charge is -2.12. The van der Waals surface area contributed by atoms with Gasteiger partial charge < -0.3 is 19.2 Å². The van der Waals surface area contributed by atoms with Crippen LogP contribution in [0.3, 0.4) is 0 Å². The molecule has 0 radical (unpaired) electrons. The molecule has 0 bridgehead atoms. The largest absolute Gasteiger partial charge is 0.466 e. The summed E-state index contributed by atoms with van der Waals surface area (Å²) in [5.74, 6) is -0.868. The molecule has 1 aromatic carbocycles. The Labute approximate surface area is 166 Å². The summed E-state index contributed by atoms with van der Waals surface area (Å²) in [4.78, 5) is 27.6. The molecule has 0 fully saturated rings. The molecule has 0 aliphatic rings. The summed E-state index contributed by atoms with van der Waals surface area (Å²) in [6, 6.07) is 8.88. The lowest BCUT2D eigenvalue weighted by atomic mass is 10.1. The van der Waals surface area contributed by atoms with Crippen LogP contribution in [0, 0.1) is 6.92 Å². The molecule has 0 aliphatic heterocycles. The van der Waals surface area contributed by atoms with Crippen LogP contribution in [0.2, 0.25) is 0 Å². The smallest absolute Gasteiger partial charge is 0.354 e. The Hall–Kier alpha value is -4.01. The molecule has 0 atom stereocenters. The van der Waals surface area contributed by atoms with Gasteiger partial charge in [-0.15, -0.1) is 10.2 Å². The zero-order chi connectivity index (χ0) is 20.8. The number of esters is 2. The molecule has 3 aromatic rings. The predicted molar refractivity (Wildman–Crippen MR) is 103 cm³/mol. The number of carbonyl (C=O) groups excluding carboxylic acids is 2. The van der Waals surface area contributed by atoms with Gasteiger partial charge in [0, 0.05) is 18.0 Å². The third kappa shape index (κ3) is 4.64. The molecular formula is C20H18N4O5. The fourth-order valence-electron chi connectivity index (χ4n) is 2.47. The number of benzene rings is 1. The van der Waals surface area contributed by atoms with Gasteiger partial charge in [0.05, 0.1) is 31.5 Å². The first-order valence-corrected chi connectivity index (χ1v) is 8.51. The number of hydrogen-bond acceptors (Lipinski definition) is 9. The highest BCUT2D eigenvalue weighted by Crippen LogP contribution is 2.31. The van der Waals surface area contributed by atoms with E-state index >= 15 is 0 Å². The van der Waals surface area contributed by atoms with Gasteiger partial charge in [-0.1, -0.05) is 11.6 Å². The van der Waals surface area contributed by atoms with Crippen molar-refractivity contribution in [1.82, 2.24) is 15.2 Å². The number of hydrogen-bond donors (Lipinski definition) is 1. The fourth-order valence-corrected chi connectivity index (χ4v) is 2.47. The Morgan fingerprint density at radius 1 is 1.03 bits per heavy atom. The van der Waals surface area contributed by atoms with E-state index in [1.807, 2.05) is 19.1 Å². The molecule has 9 nitrogen and oxygen atoms in total. The highest BCUT2D eigenvalue weighted by atomic mass is 16.5. The second kappa shape index (κ2) is 8.79. The third-order valence-electron chi connectivity index (χ3n) is 3.90. The molecule has 148 valence electrons. The summed E-state index contributed by atoms with van der Waals surface area (Å²) in [7, 11) is 2.42. The highest BCUT2D eigenvalue weighted by Gasteiger charge is 2.18. The van der Waals surface area contributed by atoms with Crippen molar-refractivity contribution in [3.05, 3.63) is 60.1 Å². The highest BCUT2D eigenvalue weighted by molar-refractivity contribution is 5.99. The topological polar surface area (TPSA) is 116 Å². The molecule has 0 amide bonds. The van der Waals surface area contributed by atoms with E-state index in [4.69, 9.17) is 9.15 Å². The lowest BCUT2D eigenvalue weighted by molar-refractivity contribution is -0.138. The summed E-state index contributed by atoms with van der Waals surface area (Å²) in [6.45, 7) is 1.90. The summed E-state index contributed by atoms with van der Waals surface area (Å²) in [5, 5.41) is 11.1. The van der Waals surface area contributed by atoms with Gasteiger partial charge in [-0.25, -0.2) is 9.59 Å². The Kier molecular flexibility index (Phi) is 5.98. The van der Waals surface area contributed by atoms with Gasteiger partial charge in [0.15, 0.2) is 0 Å². The number of carbonyl (C=O) groups is 2. The second-order valence-corrected chi connectivity index (χ2v) is 5.90. The molecule has 0 unspecified atom stereocenters. The van der Waals surface area contributed by atoms with Crippen LogP contribution in [0.15, 0.2) is 58.9 Å². The lowest BCUT2D eigenvalue weighted by Crippen LogP contribution is -2.16. The van der Waals surface area contributed by atoms with Crippen molar-refractivity contribution in [2.45, 2.75) is 6.92 Å². The molecule has 0 aliphatic carbocycles. The quantitative estimate of drug-likeness (QED) is 0.497. The Morgan fingerprint density at radius 3 is 2.45 bits per heavy atom. The van der Waals surface area contributed by atoms with E-state index in [-0.39, 0.29) is 11.6 Å². The average molecular weight is 394 g/mol. The van der Waals surface area contributed by atoms with E-state index < -0.39 is 11.9 Å². The number of pyridine rings is 1. The maximum Gasteiger partial charge on any atom is 0.354 e. The number of nitrogens with one attached hydrogen (secondary N) is 1. The van der Waals surface area contributed by atoms with Gasteiger partial charge in [-0.2, -0.15) is 0 Å². The molecule has 29 heavy (non-hydrogen) atoms. The number of aromatic nitrogens is 3. The van der Waals surface area contributed by atoms with Crippen molar-refractivity contribution in [3.8, 4) is 22.9 Å². The number of rotatable bonds is 6. The number of methoxy groups -OCH3 is 2. The van der Waals surface area contributed by atoms with Crippen LogP contribution in [0.5, 0.6) is 0 Å². The van der Waals surface area contributed by atoms with Gasteiger partial charge in [-0.05, 0) is 31.2 Å². The van der Waals surface area contributed by atoms with Gasteiger partial charge >= 0.3 is 11.9 Å². The van der Waals surface area contributed by atoms with Gasteiger partial charge in [0.1, 0.15) is 5.70 Å². The number of aryl methyl sites for hydroxylation is 1. The van der Waals surface area contributed by atoms with E-state index in [0.29, 0.717) is 17.1 Å². The van der Waals surface area contributed by atoms with Crippen LogP contribution >= 0.6 is 0 Å². The van der Waals surface area contributed by atoms with E-state index in [1.54, 1.807) is 30.6 Å². The van der Waals surface area contributed by atoms with Crippen molar-refractivity contribution in [3.63, 3.8) is 0 Å². The van der Waals surface area contributed by atoms with Crippen molar-refractivity contribution in [2.75, 3.05) is 19.5 Å². The first-order valence-electron chi connectivity index (χ1n) is 8.51. The summed E-state index contributed by atoms with van der Waals surface area (Å²) >= 11 is 0. The van der Waals surface area contributed by atoms with Crippen LogP contribution < -0.4 is 5.32 Å². The minimum absolute atomic E-state index is 0.0988. The Balaban J connectivity index is 2.00. The summed E-state index contributed by atoms with van der Waals surface area (Å²) in [5.41, 5.74) is 2.59. The predicted octanol–water partition coefficient (Wildman–Crippen LogP) is 2.75. The molecule has 2 heterocycles. The maximum atomic E-state index is 12.1. The molecule has 3 rings (SSSR count). The van der Waals surface area contributed by atoms with Crippen molar-refractivity contribution < 1.29 is 23.5 Å². The number of anilines is 1. The van der Waals surface area contributed by atoms with E-state index in [9.17, 15) is 9.59 Å². The number of nitrogens with zero attached hydrogens (tertiary/aromatic N) is 3. The van der Waals surface area contributed by atoms with Crippen molar-refractivity contribution >= 4 is 17.6 Å². The first kappa shape index (κ1) is 19.7. The molecule has 0 spiro atoms. The van der Waals surface area contributed by atoms with Crippen LogP contribution in [0.25, 0.3) is 22.9 Å². The Morgan fingerprint density at radius 2 is 1.76 bits per heavy atom. The maximum absolute atomic E-state index is 12.1. The first-order chi connectivity index (χ1) is 14.0. The standard InChI is InChI=1S/C20H18N4O5/c1-12-4-5-15(22-16(20(26)28-3)11-17(25)27-2)14(10-12)19-24-23-18(29-19)13-6-8-21-9-7-13/h4-11,22H,1-3H3/b16-11+. The van der Waals surface area contributed by atoms with Crippen molar-refractivity contribution in [1.29, 1.82) is 0 Å². The SMILES string of the molecule is COC(=O)/C=C(/Nc1ccc(C)cc1-c1nnc(-c2ccncc2)o1)C(=O)OC. The van der Waals surface area contributed by atoms with Gasteiger partial charge in [-0.3, -0.25) is 4.98 Å². The van der Waals surface area contributed by atoms with Crippen LogP contribution in [0.1, 0.15) is 5.56 Å². The Bertz CT molecular complexity index is 1060. The van der Waals surface area contributed by atoms with Gasteiger partial charge in [0.25, 0.3) is 0 Å². The molecule has 9 heteroatoms. The minimum Gasteiger partial charge on any atom is -0.466 e. The van der Waals surface area contributed by atoms with Gasteiger partial charge in [0.2, 0.25) is 11.8 Å². The minimum atomic E-state index is -0.732. The zero-order valence-corrected chi connectivity index (χ0v) is 16.0. The van der Waals surface area contributed by atoms with Crippen LogP contribution in [-0.4, -0.2) is 41.3 Å². The van der Waals surface area contributed by atoms with E-state index in [1.165, 1.54) is 14.2 Å². The zero-order valence-electron chi connectivity index (χ0n) is 16.0. The average Bonchev–Trinajstić information content (AvgIpc) is 3.24. The molecule has 1 N–H and O–H groups in total. The molecular weight excluding hydrogens is 376 g/mol.